The molecule has 5 unspecified atom stereocenters. The second kappa shape index (κ2) is 11.7. The van der Waals surface area contributed by atoms with Gasteiger partial charge in [-0.05, 0) is 11.1 Å². The van der Waals surface area contributed by atoms with Gasteiger partial charge in [-0.2, -0.15) is 0 Å². The van der Waals surface area contributed by atoms with Crippen LogP contribution in [0.25, 0.3) is 0 Å². The molecule has 1 heterocycles. The third-order valence-electron chi connectivity index (χ3n) is 5.11. The monoisotopic (exact) mass is 428 g/mol. The molecule has 31 heavy (non-hydrogen) atoms. The van der Waals surface area contributed by atoms with Crippen LogP contribution >= 0.6 is 0 Å². The highest BCUT2D eigenvalue weighted by molar-refractivity contribution is 5.66. The molecule has 166 valence electrons. The highest BCUT2D eigenvalue weighted by Gasteiger charge is 2.48. The predicted molar refractivity (Wildman–Crippen MR) is 112 cm³/mol. The normalized spacial score (nSPS) is 25.7. The summed E-state index contributed by atoms with van der Waals surface area (Å²) in [6.07, 6.45) is -2.04. The summed E-state index contributed by atoms with van der Waals surface area (Å²) in [5.74, 6) is -1.11. The van der Waals surface area contributed by atoms with E-state index in [1.165, 1.54) is 14.0 Å². The second-order valence-electron chi connectivity index (χ2n) is 7.32. The first-order valence-electron chi connectivity index (χ1n) is 10.2. The van der Waals surface area contributed by atoms with E-state index < -0.39 is 36.5 Å². The molecule has 0 amide bonds. The lowest BCUT2D eigenvalue weighted by Gasteiger charge is -2.43. The van der Waals surface area contributed by atoms with Crippen molar-refractivity contribution >= 4 is 12.3 Å². The van der Waals surface area contributed by atoms with Crippen molar-refractivity contribution in [2.45, 2.75) is 44.7 Å². The molecule has 7 nitrogen and oxygen atoms in total. The lowest BCUT2D eigenvalue weighted by molar-refractivity contribution is -0.296. The number of methoxy groups -OCH3 is 1. The molecule has 0 N–H and O–H groups in total. The maximum Gasteiger partial charge on any atom is 0.302 e. The van der Waals surface area contributed by atoms with Gasteiger partial charge in [0.05, 0.1) is 25.2 Å². The summed E-state index contributed by atoms with van der Waals surface area (Å²) in [6, 6.07) is 19.2. The van der Waals surface area contributed by atoms with E-state index in [2.05, 4.69) is 0 Å². The van der Waals surface area contributed by atoms with Gasteiger partial charge in [0.25, 0.3) is 0 Å². The molecule has 0 bridgehead atoms. The number of rotatable bonds is 10. The van der Waals surface area contributed by atoms with E-state index in [-0.39, 0.29) is 13.2 Å². The molecule has 0 saturated carbocycles. The predicted octanol–water partition coefficient (Wildman–Crippen LogP) is 2.91. The molecule has 1 aliphatic rings. The van der Waals surface area contributed by atoms with Crippen LogP contribution in [-0.4, -0.2) is 50.6 Å². The van der Waals surface area contributed by atoms with Gasteiger partial charge in [-0.1, -0.05) is 60.7 Å². The highest BCUT2D eigenvalue weighted by atomic mass is 16.7. The molecule has 1 fully saturated rings. The summed E-state index contributed by atoms with van der Waals surface area (Å²) < 4.78 is 28.8. The summed E-state index contributed by atoms with van der Waals surface area (Å²) in [5, 5.41) is 0. The zero-order chi connectivity index (χ0) is 22.1. The minimum Gasteiger partial charge on any atom is -0.463 e. The van der Waals surface area contributed by atoms with E-state index in [0.717, 1.165) is 17.4 Å². The van der Waals surface area contributed by atoms with Crippen molar-refractivity contribution in [1.29, 1.82) is 0 Å². The molecule has 7 heteroatoms. The SMILES string of the molecule is COC1OC(COC(C)=O)C(OCc2ccccc2)C(C=O)C1OCc1ccccc1. The zero-order valence-electron chi connectivity index (χ0n) is 17.7. The first-order chi connectivity index (χ1) is 15.1. The van der Waals surface area contributed by atoms with Crippen molar-refractivity contribution in [2.75, 3.05) is 13.7 Å². The Balaban J connectivity index is 1.78. The third kappa shape index (κ3) is 6.45. The number of esters is 1. The van der Waals surface area contributed by atoms with E-state index in [1.54, 1.807) is 0 Å². The van der Waals surface area contributed by atoms with Crippen LogP contribution in [0.5, 0.6) is 0 Å². The minimum atomic E-state index is -0.809. The first kappa shape index (κ1) is 23.1. The Bertz CT molecular complexity index is 811. The summed E-state index contributed by atoms with van der Waals surface area (Å²) in [4.78, 5) is 23.5. The van der Waals surface area contributed by atoms with Gasteiger partial charge in [0.15, 0.2) is 6.29 Å². The van der Waals surface area contributed by atoms with Crippen LogP contribution < -0.4 is 0 Å². The Hall–Kier alpha value is -2.58. The molecule has 2 aromatic rings. The number of ether oxygens (including phenoxy) is 5. The largest absolute Gasteiger partial charge is 0.463 e. The van der Waals surface area contributed by atoms with E-state index >= 15 is 0 Å². The van der Waals surface area contributed by atoms with Crippen molar-refractivity contribution in [1.82, 2.24) is 0 Å². The van der Waals surface area contributed by atoms with Gasteiger partial charge >= 0.3 is 5.97 Å². The van der Waals surface area contributed by atoms with Gasteiger partial charge < -0.3 is 28.5 Å². The zero-order valence-corrected chi connectivity index (χ0v) is 17.7. The Kier molecular flexibility index (Phi) is 8.73. The Labute approximate surface area is 182 Å². The molecule has 2 aromatic carbocycles. The van der Waals surface area contributed by atoms with E-state index in [0.29, 0.717) is 6.61 Å². The van der Waals surface area contributed by atoms with Gasteiger partial charge in [0, 0.05) is 14.0 Å². The molecule has 0 aromatic heterocycles. The molecule has 1 aliphatic heterocycles. The summed E-state index contributed by atoms with van der Waals surface area (Å²) in [5.41, 5.74) is 1.92. The van der Waals surface area contributed by atoms with Crippen LogP contribution in [0.15, 0.2) is 60.7 Å². The summed E-state index contributed by atoms with van der Waals surface area (Å²) >= 11 is 0. The van der Waals surface area contributed by atoms with Gasteiger partial charge in [0.1, 0.15) is 25.1 Å². The van der Waals surface area contributed by atoms with Gasteiger partial charge in [-0.3, -0.25) is 4.79 Å². The first-order valence-corrected chi connectivity index (χ1v) is 10.2. The average Bonchev–Trinajstić information content (AvgIpc) is 2.81. The average molecular weight is 428 g/mol. The number of carbonyl (C=O) groups is 2. The number of hydrogen-bond donors (Lipinski definition) is 0. The van der Waals surface area contributed by atoms with E-state index in [4.69, 9.17) is 23.7 Å². The number of benzene rings is 2. The fourth-order valence-corrected chi connectivity index (χ4v) is 3.56. The van der Waals surface area contributed by atoms with Gasteiger partial charge in [0.2, 0.25) is 0 Å². The maximum absolute atomic E-state index is 12.2. The number of hydrogen-bond acceptors (Lipinski definition) is 7. The van der Waals surface area contributed by atoms with Crippen LogP contribution in [-0.2, 0) is 46.5 Å². The van der Waals surface area contributed by atoms with Crippen molar-refractivity contribution < 1.29 is 33.3 Å². The topological polar surface area (TPSA) is 80.3 Å². The van der Waals surface area contributed by atoms with E-state index in [9.17, 15) is 9.59 Å². The third-order valence-corrected chi connectivity index (χ3v) is 5.11. The molecule has 1 saturated heterocycles. The Morgan fingerprint density at radius 2 is 1.48 bits per heavy atom. The van der Waals surface area contributed by atoms with Gasteiger partial charge in [-0.25, -0.2) is 0 Å². The molecule has 3 rings (SSSR count). The molecular weight excluding hydrogens is 400 g/mol. The van der Waals surface area contributed by atoms with Crippen LogP contribution in [0.3, 0.4) is 0 Å². The Morgan fingerprint density at radius 3 is 1.97 bits per heavy atom. The van der Waals surface area contributed by atoms with Crippen molar-refractivity contribution in [3.8, 4) is 0 Å². The highest BCUT2D eigenvalue weighted by Crippen LogP contribution is 2.31. The Morgan fingerprint density at radius 1 is 0.935 bits per heavy atom. The molecule has 0 spiro atoms. The number of aldehydes is 1. The van der Waals surface area contributed by atoms with Crippen LogP contribution in [0.2, 0.25) is 0 Å². The number of carbonyl (C=O) groups excluding carboxylic acids is 2. The lowest BCUT2D eigenvalue weighted by Crippen LogP contribution is -2.58. The second-order valence-corrected chi connectivity index (χ2v) is 7.32. The summed E-state index contributed by atoms with van der Waals surface area (Å²) in [7, 11) is 1.49. The van der Waals surface area contributed by atoms with Crippen LogP contribution in [0.1, 0.15) is 18.1 Å². The summed E-state index contributed by atoms with van der Waals surface area (Å²) in [6.45, 7) is 1.84. The fourth-order valence-electron chi connectivity index (χ4n) is 3.56. The molecule has 5 atom stereocenters. The lowest BCUT2D eigenvalue weighted by atomic mass is 9.89. The minimum absolute atomic E-state index is 0.0512. The molecule has 0 aliphatic carbocycles. The van der Waals surface area contributed by atoms with E-state index in [1.807, 2.05) is 60.7 Å². The standard InChI is InChI=1S/C24H28O7/c1-17(26)28-16-21-22(29-14-18-9-5-3-6-10-18)20(13-25)23(24(27-2)31-21)30-15-19-11-7-4-8-12-19/h3-13,20-24H,14-16H2,1-2H3. The van der Waals surface area contributed by atoms with Crippen molar-refractivity contribution in [3.05, 3.63) is 71.8 Å². The maximum atomic E-state index is 12.2. The quantitative estimate of drug-likeness (QED) is 0.425. The van der Waals surface area contributed by atoms with Crippen LogP contribution in [0, 0.1) is 5.92 Å². The fraction of sp³-hybridized carbons (Fsp3) is 0.417. The van der Waals surface area contributed by atoms with Crippen molar-refractivity contribution in [3.63, 3.8) is 0 Å². The molecule has 0 radical (unpaired) electrons. The van der Waals surface area contributed by atoms with Crippen LogP contribution in [0.4, 0.5) is 0 Å². The van der Waals surface area contributed by atoms with Crippen molar-refractivity contribution in [2.24, 2.45) is 5.92 Å². The molecular formula is C24H28O7. The smallest absolute Gasteiger partial charge is 0.302 e. The van der Waals surface area contributed by atoms with Gasteiger partial charge in [-0.15, -0.1) is 0 Å².